The summed E-state index contributed by atoms with van der Waals surface area (Å²) in [5.74, 6) is 0.201. The number of fused-ring (bicyclic) bond motifs is 2. The van der Waals surface area contributed by atoms with Crippen molar-refractivity contribution in [3.63, 3.8) is 0 Å². The number of ketones is 1. The van der Waals surface area contributed by atoms with E-state index >= 15 is 0 Å². The van der Waals surface area contributed by atoms with Gasteiger partial charge in [0.05, 0.1) is 33.5 Å². The summed E-state index contributed by atoms with van der Waals surface area (Å²) in [7, 11) is 0. The molecule has 2 aromatic carbocycles. The molecule has 6 nitrogen and oxygen atoms in total. The highest BCUT2D eigenvalue weighted by molar-refractivity contribution is 5.83. The van der Waals surface area contributed by atoms with Crippen LogP contribution in [0.2, 0.25) is 0 Å². The lowest BCUT2D eigenvalue weighted by Crippen LogP contribution is -2.03. The van der Waals surface area contributed by atoms with E-state index in [1.165, 1.54) is 74.7 Å². The summed E-state index contributed by atoms with van der Waals surface area (Å²) in [5, 5.41) is 8.66. The summed E-state index contributed by atoms with van der Waals surface area (Å²) in [5.41, 5.74) is 8.67. The third-order valence-corrected chi connectivity index (χ3v) is 7.54. The molecule has 6 heteroatoms. The zero-order chi connectivity index (χ0) is 30.0. The van der Waals surface area contributed by atoms with Crippen molar-refractivity contribution in [2.75, 3.05) is 6.61 Å². The fraction of sp³-hybridized carbons (Fsp3) is 0.528. The lowest BCUT2D eigenvalue weighted by molar-refractivity contribution is -0.118. The number of nitrogens with zero attached hydrogens (tertiary/aromatic N) is 4. The van der Waals surface area contributed by atoms with Crippen molar-refractivity contribution in [3.05, 3.63) is 71.3 Å². The second-order valence-electron chi connectivity index (χ2n) is 11.2. The Balaban J connectivity index is 0.000000240. The third-order valence-electron chi connectivity index (χ3n) is 7.54. The fourth-order valence-corrected chi connectivity index (χ4v) is 5.04. The summed E-state index contributed by atoms with van der Waals surface area (Å²) in [4.78, 5) is 30.1. The van der Waals surface area contributed by atoms with E-state index in [0.717, 1.165) is 46.9 Å². The van der Waals surface area contributed by atoms with Crippen molar-refractivity contribution < 1.29 is 9.90 Å². The lowest BCUT2D eigenvalue weighted by Gasteiger charge is -2.10. The Bertz CT molecular complexity index is 1370. The van der Waals surface area contributed by atoms with Crippen LogP contribution < -0.4 is 0 Å². The van der Waals surface area contributed by atoms with Gasteiger partial charge in [-0.25, -0.2) is 9.97 Å². The Labute approximate surface area is 252 Å². The molecule has 0 spiro atoms. The van der Waals surface area contributed by atoms with Gasteiger partial charge in [-0.3, -0.25) is 14.8 Å². The van der Waals surface area contributed by atoms with Gasteiger partial charge in [-0.05, 0) is 86.8 Å². The van der Waals surface area contributed by atoms with E-state index in [2.05, 4.69) is 48.9 Å². The van der Waals surface area contributed by atoms with Gasteiger partial charge in [0, 0.05) is 31.8 Å². The highest BCUT2D eigenvalue weighted by atomic mass is 16.3. The molecule has 0 atom stereocenters. The molecule has 0 saturated heterocycles. The smallest absolute Gasteiger partial charge is 0.137 e. The van der Waals surface area contributed by atoms with Crippen LogP contribution in [0.4, 0.5) is 0 Å². The molecule has 0 aliphatic carbocycles. The van der Waals surface area contributed by atoms with Crippen LogP contribution in [-0.4, -0.2) is 37.4 Å². The molecule has 0 radical (unpaired) electrons. The zero-order valence-corrected chi connectivity index (χ0v) is 26.1. The second-order valence-corrected chi connectivity index (χ2v) is 11.2. The first-order valence-corrected chi connectivity index (χ1v) is 16.2. The van der Waals surface area contributed by atoms with Gasteiger partial charge in [-0.2, -0.15) is 0 Å². The van der Waals surface area contributed by atoms with Gasteiger partial charge < -0.3 is 5.11 Å². The Morgan fingerprint density at radius 1 is 0.619 bits per heavy atom. The standard InChI is InChI=1S/C22H34N2.C14H16N2O2/c1-4-7-10-11-12-18-15-16-21-22(17-18)24-20(14-9-6-3)19(23-21)13-8-5-2;17-8-2-1-3-12(18)9-11-4-5-13-14(10-11)16-7-6-15-13/h15-17H,4-14H2,1-3H3;4-7,10,17H,1-3,8-9H2. The molecule has 4 rings (SSSR count). The van der Waals surface area contributed by atoms with Crippen LogP contribution in [0.25, 0.3) is 22.1 Å². The highest BCUT2D eigenvalue weighted by Gasteiger charge is 2.09. The number of aliphatic hydroxyl groups excluding tert-OH is 1. The monoisotopic (exact) mass is 570 g/mol. The molecule has 0 saturated carbocycles. The number of hydrogen-bond donors (Lipinski definition) is 1. The number of benzene rings is 2. The van der Waals surface area contributed by atoms with Crippen LogP contribution in [0.5, 0.6) is 0 Å². The molecule has 226 valence electrons. The molecular weight excluding hydrogens is 520 g/mol. The SMILES string of the molecule is CCCCCCc1ccc2nc(CCCC)c(CCCC)nc2c1.O=C(CCCCO)Cc1ccc2nccnc2c1. The summed E-state index contributed by atoms with van der Waals surface area (Å²) in [6, 6.07) is 12.4. The maximum atomic E-state index is 11.7. The Morgan fingerprint density at radius 3 is 1.93 bits per heavy atom. The average Bonchev–Trinajstić information content (AvgIpc) is 3.01. The minimum atomic E-state index is 0.152. The number of carbonyl (C=O) groups excluding carboxylic acids is 1. The first kappa shape index (κ1) is 33.3. The van der Waals surface area contributed by atoms with Crippen LogP contribution in [0.15, 0.2) is 48.8 Å². The molecule has 0 aliphatic heterocycles. The predicted molar refractivity (Wildman–Crippen MR) is 174 cm³/mol. The number of hydrogen-bond acceptors (Lipinski definition) is 6. The van der Waals surface area contributed by atoms with Gasteiger partial charge in [0.25, 0.3) is 0 Å². The van der Waals surface area contributed by atoms with Crippen LogP contribution in [0.3, 0.4) is 0 Å². The number of carbonyl (C=O) groups is 1. The van der Waals surface area contributed by atoms with Gasteiger partial charge in [-0.15, -0.1) is 0 Å². The average molecular weight is 571 g/mol. The highest BCUT2D eigenvalue weighted by Crippen LogP contribution is 2.20. The summed E-state index contributed by atoms with van der Waals surface area (Å²) in [6.07, 6.45) is 19.1. The van der Waals surface area contributed by atoms with Crippen molar-refractivity contribution in [1.29, 1.82) is 0 Å². The third kappa shape index (κ3) is 11.2. The van der Waals surface area contributed by atoms with E-state index in [1.807, 2.05) is 18.2 Å². The minimum Gasteiger partial charge on any atom is -0.396 e. The minimum absolute atomic E-state index is 0.152. The molecule has 4 aromatic rings. The van der Waals surface area contributed by atoms with E-state index in [0.29, 0.717) is 19.3 Å². The predicted octanol–water partition coefficient (Wildman–Crippen LogP) is 8.34. The van der Waals surface area contributed by atoms with E-state index in [1.54, 1.807) is 12.4 Å². The van der Waals surface area contributed by atoms with Crippen LogP contribution in [0.1, 0.15) is 114 Å². The van der Waals surface area contributed by atoms with E-state index < -0.39 is 0 Å². The normalized spacial score (nSPS) is 11.0. The second kappa shape index (κ2) is 19.0. The molecule has 0 fully saturated rings. The number of aryl methyl sites for hydroxylation is 3. The number of Topliss-reactive ketones (excluding diaryl/α,β-unsaturated/α-hetero) is 1. The first-order chi connectivity index (χ1) is 20.6. The molecule has 2 aromatic heterocycles. The van der Waals surface area contributed by atoms with E-state index in [-0.39, 0.29) is 12.4 Å². The molecule has 1 N–H and O–H groups in total. The molecule has 0 bridgehead atoms. The topological polar surface area (TPSA) is 88.9 Å². The fourth-order valence-electron chi connectivity index (χ4n) is 5.04. The molecule has 0 aliphatic rings. The van der Waals surface area contributed by atoms with Gasteiger partial charge in [0.2, 0.25) is 0 Å². The van der Waals surface area contributed by atoms with Crippen molar-refractivity contribution in [1.82, 2.24) is 19.9 Å². The molecule has 42 heavy (non-hydrogen) atoms. The van der Waals surface area contributed by atoms with Crippen LogP contribution in [-0.2, 0) is 30.5 Å². The lowest BCUT2D eigenvalue weighted by atomic mass is 10.0. The number of rotatable bonds is 17. The molecular formula is C36H50N4O2. The van der Waals surface area contributed by atoms with E-state index in [4.69, 9.17) is 15.1 Å². The Hall–Kier alpha value is -3.25. The Kier molecular flexibility index (Phi) is 15.1. The maximum Gasteiger partial charge on any atom is 0.137 e. The van der Waals surface area contributed by atoms with Gasteiger partial charge in [0.1, 0.15) is 5.78 Å². The number of aliphatic hydroxyl groups is 1. The van der Waals surface area contributed by atoms with Crippen LogP contribution in [0, 0.1) is 0 Å². The number of unbranched alkanes of at least 4 members (excludes halogenated alkanes) is 6. The maximum absolute atomic E-state index is 11.7. The zero-order valence-electron chi connectivity index (χ0n) is 26.1. The van der Waals surface area contributed by atoms with Crippen molar-refractivity contribution in [3.8, 4) is 0 Å². The quantitative estimate of drug-likeness (QED) is 0.128. The summed E-state index contributed by atoms with van der Waals surface area (Å²) in [6.45, 7) is 6.90. The Morgan fingerprint density at radius 2 is 1.24 bits per heavy atom. The van der Waals surface area contributed by atoms with Gasteiger partial charge in [0.15, 0.2) is 0 Å². The van der Waals surface area contributed by atoms with Gasteiger partial charge in [-0.1, -0.05) is 65.0 Å². The van der Waals surface area contributed by atoms with Gasteiger partial charge >= 0.3 is 0 Å². The molecule has 0 amide bonds. The molecule has 2 heterocycles. The largest absolute Gasteiger partial charge is 0.396 e. The van der Waals surface area contributed by atoms with E-state index in [9.17, 15) is 4.79 Å². The summed E-state index contributed by atoms with van der Waals surface area (Å²) >= 11 is 0. The number of aromatic nitrogens is 4. The van der Waals surface area contributed by atoms with Crippen molar-refractivity contribution in [2.45, 2.75) is 117 Å². The van der Waals surface area contributed by atoms with Crippen LogP contribution >= 0.6 is 0 Å². The molecule has 0 unspecified atom stereocenters. The summed E-state index contributed by atoms with van der Waals surface area (Å²) < 4.78 is 0. The van der Waals surface area contributed by atoms with Crippen molar-refractivity contribution >= 4 is 27.9 Å². The first-order valence-electron chi connectivity index (χ1n) is 16.2. The van der Waals surface area contributed by atoms with Crippen molar-refractivity contribution in [2.24, 2.45) is 0 Å².